The van der Waals surface area contributed by atoms with Crippen molar-refractivity contribution in [1.29, 1.82) is 0 Å². The van der Waals surface area contributed by atoms with Gasteiger partial charge in [-0.2, -0.15) is 0 Å². The third-order valence-electron chi connectivity index (χ3n) is 1.56. The number of aromatic nitrogens is 2. The van der Waals surface area contributed by atoms with Gasteiger partial charge in [0.15, 0.2) is 0 Å². The Labute approximate surface area is 70.0 Å². The largest absolute Gasteiger partial charge is 0.364 e. The van der Waals surface area contributed by atoms with Gasteiger partial charge in [0.2, 0.25) is 0 Å². The molecule has 2 aromatic heterocycles. The van der Waals surface area contributed by atoms with E-state index in [0.717, 1.165) is 17.7 Å². The van der Waals surface area contributed by atoms with Crippen LogP contribution in [0.1, 0.15) is 11.3 Å². The molecule has 0 aliphatic rings. The topological polar surface area (TPSA) is 38.9 Å². The number of hydrogen-bond acceptors (Lipinski definition) is 3. The number of nitrogens with zero attached hydrogens (tertiary/aromatic N) is 2. The van der Waals surface area contributed by atoms with Crippen LogP contribution in [-0.2, 0) is 6.42 Å². The van der Waals surface area contributed by atoms with Crippen molar-refractivity contribution < 1.29 is 4.52 Å². The van der Waals surface area contributed by atoms with Gasteiger partial charge in [0.1, 0.15) is 6.26 Å². The second-order valence-corrected chi connectivity index (χ2v) is 2.44. The molecule has 0 aliphatic heterocycles. The molecule has 0 aromatic carbocycles. The van der Waals surface area contributed by atoms with Crippen molar-refractivity contribution in [2.75, 3.05) is 0 Å². The molecule has 1 radical (unpaired) electrons. The molecule has 0 atom stereocenters. The molecule has 0 bridgehead atoms. The standard InChI is InChI=1S/C9H7N2O/c1-4-10-5-2-8(1)7-9-3-6-12-11-9/h1-2,4-6H,7H2. The molecule has 0 fully saturated rings. The summed E-state index contributed by atoms with van der Waals surface area (Å²) in [6, 6.07) is 6.78. The fourth-order valence-electron chi connectivity index (χ4n) is 0.988. The Balaban J connectivity index is 2.15. The molecule has 0 spiro atoms. The van der Waals surface area contributed by atoms with E-state index in [4.69, 9.17) is 0 Å². The first kappa shape index (κ1) is 7.03. The van der Waals surface area contributed by atoms with Gasteiger partial charge in [-0.3, -0.25) is 4.98 Å². The molecule has 0 unspecified atom stereocenters. The van der Waals surface area contributed by atoms with Crippen LogP contribution in [0.15, 0.2) is 35.3 Å². The normalized spacial score (nSPS) is 10.0. The van der Waals surface area contributed by atoms with Crippen molar-refractivity contribution in [3.63, 3.8) is 0 Å². The van der Waals surface area contributed by atoms with Gasteiger partial charge in [0, 0.05) is 18.8 Å². The van der Waals surface area contributed by atoms with Crippen LogP contribution in [0.2, 0.25) is 0 Å². The Morgan fingerprint density at radius 2 is 2.17 bits per heavy atom. The lowest BCUT2D eigenvalue weighted by atomic mass is 10.1. The van der Waals surface area contributed by atoms with Gasteiger partial charge in [-0.05, 0) is 17.7 Å². The third-order valence-corrected chi connectivity index (χ3v) is 1.56. The Morgan fingerprint density at radius 3 is 2.83 bits per heavy atom. The summed E-state index contributed by atoms with van der Waals surface area (Å²) in [4.78, 5) is 3.92. The summed E-state index contributed by atoms with van der Waals surface area (Å²) in [5.41, 5.74) is 1.98. The van der Waals surface area contributed by atoms with Gasteiger partial charge in [0.05, 0.1) is 11.8 Å². The highest BCUT2D eigenvalue weighted by Gasteiger charge is 1.97. The van der Waals surface area contributed by atoms with Crippen molar-refractivity contribution in [2.45, 2.75) is 6.42 Å². The van der Waals surface area contributed by atoms with Crippen LogP contribution >= 0.6 is 0 Å². The van der Waals surface area contributed by atoms with E-state index in [0.29, 0.717) is 0 Å². The summed E-state index contributed by atoms with van der Waals surface area (Å²) in [6.45, 7) is 0. The zero-order chi connectivity index (χ0) is 8.23. The Hall–Kier alpha value is -1.64. The number of rotatable bonds is 2. The van der Waals surface area contributed by atoms with Gasteiger partial charge in [0.25, 0.3) is 0 Å². The lowest BCUT2D eigenvalue weighted by molar-refractivity contribution is 0.413. The fourth-order valence-corrected chi connectivity index (χ4v) is 0.988. The predicted octanol–water partition coefficient (Wildman–Crippen LogP) is 1.46. The minimum Gasteiger partial charge on any atom is -0.364 e. The van der Waals surface area contributed by atoms with E-state index in [1.165, 1.54) is 6.26 Å². The lowest BCUT2D eigenvalue weighted by Crippen LogP contribution is -1.87. The molecule has 0 saturated carbocycles. The number of pyridine rings is 1. The Kier molecular flexibility index (Phi) is 1.86. The van der Waals surface area contributed by atoms with Crippen LogP contribution in [0.5, 0.6) is 0 Å². The molecule has 0 N–H and O–H groups in total. The molecular formula is C9H7N2O. The summed E-state index contributed by atoms with van der Waals surface area (Å²) >= 11 is 0. The SMILES string of the molecule is [c]1conc1Cc1ccncc1. The molecule has 59 valence electrons. The van der Waals surface area contributed by atoms with Crippen LogP contribution in [0.3, 0.4) is 0 Å². The molecule has 0 aliphatic carbocycles. The maximum atomic E-state index is 4.67. The van der Waals surface area contributed by atoms with Crippen LogP contribution in [0, 0.1) is 6.07 Å². The van der Waals surface area contributed by atoms with Gasteiger partial charge in [-0.15, -0.1) is 0 Å². The highest BCUT2D eigenvalue weighted by atomic mass is 16.5. The summed E-state index contributed by atoms with van der Waals surface area (Å²) < 4.78 is 4.67. The Morgan fingerprint density at radius 1 is 1.33 bits per heavy atom. The first-order chi connectivity index (χ1) is 5.95. The van der Waals surface area contributed by atoms with Crippen molar-refractivity contribution in [1.82, 2.24) is 10.1 Å². The van der Waals surface area contributed by atoms with Crippen molar-refractivity contribution in [3.8, 4) is 0 Å². The molecule has 2 heterocycles. The third kappa shape index (κ3) is 1.50. The van der Waals surface area contributed by atoms with E-state index in [9.17, 15) is 0 Å². The first-order valence-electron chi connectivity index (χ1n) is 3.65. The molecular weight excluding hydrogens is 152 g/mol. The highest BCUT2D eigenvalue weighted by molar-refractivity contribution is 5.16. The molecule has 3 heteroatoms. The van der Waals surface area contributed by atoms with Crippen LogP contribution in [0.4, 0.5) is 0 Å². The zero-order valence-electron chi connectivity index (χ0n) is 6.40. The molecule has 0 amide bonds. The van der Waals surface area contributed by atoms with E-state index in [1.807, 2.05) is 12.1 Å². The monoisotopic (exact) mass is 159 g/mol. The average molecular weight is 159 g/mol. The second-order valence-electron chi connectivity index (χ2n) is 2.44. The smallest absolute Gasteiger partial charge is 0.132 e. The van der Waals surface area contributed by atoms with E-state index in [-0.39, 0.29) is 0 Å². The van der Waals surface area contributed by atoms with Gasteiger partial charge in [-0.25, -0.2) is 0 Å². The van der Waals surface area contributed by atoms with Crippen LogP contribution in [0.25, 0.3) is 0 Å². The predicted molar refractivity (Wildman–Crippen MR) is 42.4 cm³/mol. The summed E-state index contributed by atoms with van der Waals surface area (Å²) in [5.74, 6) is 0. The highest BCUT2D eigenvalue weighted by Crippen LogP contribution is 2.04. The van der Waals surface area contributed by atoms with Crippen molar-refractivity contribution in [3.05, 3.63) is 48.1 Å². The number of hydrogen-bond donors (Lipinski definition) is 0. The van der Waals surface area contributed by atoms with E-state index in [1.54, 1.807) is 12.4 Å². The Bertz CT molecular complexity index is 329. The minimum atomic E-state index is 0.749. The quantitative estimate of drug-likeness (QED) is 0.665. The fraction of sp³-hybridized carbons (Fsp3) is 0.111. The molecule has 0 saturated heterocycles. The summed E-state index contributed by atoms with van der Waals surface area (Å²) in [5, 5.41) is 3.76. The van der Waals surface area contributed by atoms with Gasteiger partial charge < -0.3 is 4.52 Å². The van der Waals surface area contributed by atoms with Crippen molar-refractivity contribution >= 4 is 0 Å². The molecule has 2 rings (SSSR count). The first-order valence-corrected chi connectivity index (χ1v) is 3.65. The molecule has 2 aromatic rings. The summed E-state index contributed by atoms with van der Waals surface area (Å²) in [6.07, 6.45) is 5.72. The van der Waals surface area contributed by atoms with Gasteiger partial charge in [-0.1, -0.05) is 5.16 Å². The summed E-state index contributed by atoms with van der Waals surface area (Å²) in [7, 11) is 0. The van der Waals surface area contributed by atoms with E-state index < -0.39 is 0 Å². The van der Waals surface area contributed by atoms with E-state index in [2.05, 4.69) is 20.7 Å². The van der Waals surface area contributed by atoms with Crippen LogP contribution < -0.4 is 0 Å². The van der Waals surface area contributed by atoms with E-state index >= 15 is 0 Å². The van der Waals surface area contributed by atoms with Crippen molar-refractivity contribution in [2.24, 2.45) is 0 Å². The maximum Gasteiger partial charge on any atom is 0.132 e. The van der Waals surface area contributed by atoms with Crippen LogP contribution in [-0.4, -0.2) is 10.1 Å². The molecule has 3 nitrogen and oxygen atoms in total. The second kappa shape index (κ2) is 3.17. The lowest BCUT2D eigenvalue weighted by Gasteiger charge is -1.93. The molecule has 12 heavy (non-hydrogen) atoms. The van der Waals surface area contributed by atoms with Gasteiger partial charge >= 0.3 is 0 Å². The minimum absolute atomic E-state index is 0.749. The average Bonchev–Trinajstić information content (AvgIpc) is 2.59. The maximum absolute atomic E-state index is 4.67. The zero-order valence-corrected chi connectivity index (χ0v) is 6.40.